The number of likely N-dealkylation sites (tertiary alicyclic amines) is 1. The molecule has 1 unspecified atom stereocenters. The summed E-state index contributed by atoms with van der Waals surface area (Å²) in [6.45, 7) is 12.5. The zero-order valence-corrected chi connectivity index (χ0v) is 16.3. The number of nitrogens with one attached hydrogen (secondary N) is 2. The first-order valence-corrected chi connectivity index (χ1v) is 9.29. The molecule has 0 radical (unpaired) electrons. The lowest BCUT2D eigenvalue weighted by atomic mass is 10.2. The first-order valence-electron chi connectivity index (χ1n) is 8.06. The van der Waals surface area contributed by atoms with Crippen LogP contribution in [0.15, 0.2) is 4.99 Å². The molecule has 1 aliphatic rings. The maximum atomic E-state index is 11.9. The monoisotopic (exact) mass is 344 g/mol. The summed E-state index contributed by atoms with van der Waals surface area (Å²) in [6.07, 6.45) is 2.66. The van der Waals surface area contributed by atoms with Crippen LogP contribution < -0.4 is 10.6 Å². The van der Waals surface area contributed by atoms with Gasteiger partial charge in [0, 0.05) is 31.4 Å². The fraction of sp³-hybridized carbons (Fsp3) is 0.875. The third-order valence-electron chi connectivity index (χ3n) is 3.65. The molecule has 0 saturated carbocycles. The number of hydrogen-bond donors (Lipinski definition) is 2. The number of amides is 1. The maximum absolute atomic E-state index is 11.9. The van der Waals surface area contributed by atoms with Crippen LogP contribution in [0.2, 0.25) is 0 Å². The van der Waals surface area contributed by atoms with Gasteiger partial charge in [-0.15, -0.1) is 0 Å². The van der Waals surface area contributed by atoms with E-state index < -0.39 is 5.60 Å². The molecule has 0 spiro atoms. The minimum atomic E-state index is -0.469. The molecule has 2 N–H and O–H groups in total. The van der Waals surface area contributed by atoms with Crippen LogP contribution in [-0.2, 0) is 4.74 Å². The molecule has 0 bridgehead atoms. The fourth-order valence-electron chi connectivity index (χ4n) is 2.24. The van der Waals surface area contributed by atoms with Crippen LogP contribution >= 0.6 is 11.8 Å². The lowest BCUT2D eigenvalue weighted by molar-refractivity contribution is 0.0507. The van der Waals surface area contributed by atoms with Crippen LogP contribution in [0, 0.1) is 0 Å². The van der Waals surface area contributed by atoms with Crippen LogP contribution in [-0.4, -0.2) is 66.3 Å². The summed E-state index contributed by atoms with van der Waals surface area (Å²) in [5.74, 6) is 0.889. The van der Waals surface area contributed by atoms with E-state index in [1.165, 1.54) is 0 Å². The van der Waals surface area contributed by atoms with Crippen LogP contribution in [0.3, 0.4) is 0 Å². The van der Waals surface area contributed by atoms with Crippen molar-refractivity contribution in [1.82, 2.24) is 15.5 Å². The minimum absolute atomic E-state index is 0.0944. The van der Waals surface area contributed by atoms with E-state index in [2.05, 4.69) is 40.6 Å². The van der Waals surface area contributed by atoms with Crippen LogP contribution in [0.4, 0.5) is 4.79 Å². The lowest BCUT2D eigenvalue weighted by Gasteiger charge is -2.27. The Kier molecular flexibility index (Phi) is 7.04. The van der Waals surface area contributed by atoms with E-state index in [9.17, 15) is 4.79 Å². The minimum Gasteiger partial charge on any atom is -0.444 e. The highest BCUT2D eigenvalue weighted by Crippen LogP contribution is 2.20. The number of rotatable bonds is 4. The fourth-order valence-corrected chi connectivity index (χ4v) is 2.46. The molecule has 1 saturated heterocycles. The number of thioether (sulfide) groups is 1. The maximum Gasteiger partial charge on any atom is 0.407 e. The van der Waals surface area contributed by atoms with Crippen molar-refractivity contribution in [2.45, 2.75) is 57.4 Å². The second-order valence-corrected chi connectivity index (χ2v) is 8.96. The number of carbonyl (C=O) groups excluding carboxylic acids is 1. The SMILES string of the molecule is CN=C(NCC(C)(C)SC)N1CCC(NC(=O)OC(C)(C)C)C1. The van der Waals surface area contributed by atoms with Crippen molar-refractivity contribution in [3.63, 3.8) is 0 Å². The summed E-state index contributed by atoms with van der Waals surface area (Å²) in [5.41, 5.74) is -0.469. The van der Waals surface area contributed by atoms with E-state index in [4.69, 9.17) is 4.74 Å². The van der Waals surface area contributed by atoms with Crippen molar-refractivity contribution < 1.29 is 9.53 Å². The third kappa shape index (κ3) is 7.33. The standard InChI is InChI=1S/C16H32N4O2S/c1-15(2,3)22-14(21)19-12-8-9-20(10-12)13(17-6)18-11-16(4,5)23-7/h12H,8-11H2,1-7H3,(H,17,18)(H,19,21). The van der Waals surface area contributed by atoms with Gasteiger partial charge in [0.2, 0.25) is 0 Å². The van der Waals surface area contributed by atoms with Gasteiger partial charge in [0.1, 0.15) is 5.60 Å². The summed E-state index contributed by atoms with van der Waals surface area (Å²) in [5, 5.41) is 6.36. The summed E-state index contributed by atoms with van der Waals surface area (Å²) >= 11 is 1.83. The topological polar surface area (TPSA) is 66.0 Å². The molecule has 1 fully saturated rings. The number of guanidine groups is 1. The molecular formula is C16H32N4O2S. The summed E-state index contributed by atoms with van der Waals surface area (Å²) in [7, 11) is 1.79. The molecule has 1 heterocycles. The van der Waals surface area contributed by atoms with Gasteiger partial charge in [-0.3, -0.25) is 4.99 Å². The summed E-state index contributed by atoms with van der Waals surface area (Å²) < 4.78 is 5.47. The average Bonchev–Trinajstić information content (AvgIpc) is 2.85. The van der Waals surface area contributed by atoms with Crippen LogP contribution in [0.5, 0.6) is 0 Å². The average molecular weight is 345 g/mol. The molecule has 1 aliphatic heterocycles. The number of nitrogens with zero attached hydrogens (tertiary/aromatic N) is 2. The molecule has 0 aromatic carbocycles. The highest BCUT2D eigenvalue weighted by atomic mass is 32.2. The highest BCUT2D eigenvalue weighted by Gasteiger charge is 2.28. The molecule has 1 amide bonds. The Labute approximate surface area is 144 Å². The number of aliphatic imine (C=N–C) groups is 1. The second kappa shape index (κ2) is 8.13. The Morgan fingerprint density at radius 2 is 2.00 bits per heavy atom. The Hall–Kier alpha value is -1.11. The zero-order valence-electron chi connectivity index (χ0n) is 15.5. The van der Waals surface area contributed by atoms with Gasteiger partial charge in [-0.2, -0.15) is 11.8 Å². The van der Waals surface area contributed by atoms with Gasteiger partial charge in [0.05, 0.1) is 6.04 Å². The molecule has 7 heteroatoms. The molecule has 1 atom stereocenters. The van der Waals surface area contributed by atoms with Crippen molar-refractivity contribution in [2.75, 3.05) is 32.9 Å². The molecule has 6 nitrogen and oxygen atoms in total. The van der Waals surface area contributed by atoms with Gasteiger partial charge in [0.15, 0.2) is 5.96 Å². The zero-order chi connectivity index (χ0) is 17.7. The molecule has 0 aliphatic carbocycles. The van der Waals surface area contributed by atoms with Gasteiger partial charge < -0.3 is 20.3 Å². The van der Waals surface area contributed by atoms with E-state index in [1.54, 1.807) is 7.05 Å². The van der Waals surface area contributed by atoms with E-state index in [0.29, 0.717) is 0 Å². The van der Waals surface area contributed by atoms with Gasteiger partial charge in [0.25, 0.3) is 0 Å². The second-order valence-electron chi connectivity index (χ2n) is 7.44. The predicted octanol–water partition coefficient (Wildman–Crippen LogP) is 2.30. The number of hydrogen-bond acceptors (Lipinski definition) is 4. The van der Waals surface area contributed by atoms with E-state index >= 15 is 0 Å². The Balaban J connectivity index is 2.47. The normalized spacial score (nSPS) is 19.7. The molecule has 134 valence electrons. The van der Waals surface area contributed by atoms with Crippen LogP contribution in [0.25, 0.3) is 0 Å². The van der Waals surface area contributed by atoms with E-state index in [1.807, 2.05) is 32.5 Å². The first-order chi connectivity index (χ1) is 10.6. The molecule has 0 aromatic rings. The Bertz CT molecular complexity index is 432. The molecule has 23 heavy (non-hydrogen) atoms. The van der Waals surface area contributed by atoms with E-state index in [-0.39, 0.29) is 16.9 Å². The Morgan fingerprint density at radius 1 is 1.35 bits per heavy atom. The number of ether oxygens (including phenoxy) is 1. The van der Waals surface area contributed by atoms with E-state index in [0.717, 1.165) is 32.0 Å². The van der Waals surface area contributed by atoms with Crippen molar-refractivity contribution in [3.05, 3.63) is 0 Å². The first kappa shape index (κ1) is 19.9. The lowest BCUT2D eigenvalue weighted by Crippen LogP contribution is -2.46. The highest BCUT2D eigenvalue weighted by molar-refractivity contribution is 7.99. The Morgan fingerprint density at radius 3 is 2.52 bits per heavy atom. The summed E-state index contributed by atoms with van der Waals surface area (Å²) in [6, 6.07) is 0.0944. The van der Waals surface area contributed by atoms with Crippen molar-refractivity contribution in [1.29, 1.82) is 0 Å². The number of carbonyl (C=O) groups is 1. The largest absolute Gasteiger partial charge is 0.444 e. The molecule has 0 aromatic heterocycles. The number of alkyl carbamates (subject to hydrolysis) is 1. The van der Waals surface area contributed by atoms with Crippen molar-refractivity contribution in [2.24, 2.45) is 4.99 Å². The van der Waals surface area contributed by atoms with Gasteiger partial charge in [-0.25, -0.2) is 4.79 Å². The van der Waals surface area contributed by atoms with Gasteiger partial charge in [-0.05, 0) is 47.3 Å². The quantitative estimate of drug-likeness (QED) is 0.605. The molecule has 1 rings (SSSR count). The molecular weight excluding hydrogens is 312 g/mol. The smallest absolute Gasteiger partial charge is 0.407 e. The van der Waals surface area contributed by atoms with Crippen molar-refractivity contribution in [3.8, 4) is 0 Å². The van der Waals surface area contributed by atoms with Crippen LogP contribution in [0.1, 0.15) is 41.0 Å². The van der Waals surface area contributed by atoms with Gasteiger partial charge >= 0.3 is 6.09 Å². The van der Waals surface area contributed by atoms with Gasteiger partial charge in [-0.1, -0.05) is 0 Å². The third-order valence-corrected chi connectivity index (χ3v) is 4.89. The summed E-state index contributed by atoms with van der Waals surface area (Å²) in [4.78, 5) is 18.4. The van der Waals surface area contributed by atoms with Crippen molar-refractivity contribution >= 4 is 23.8 Å². The predicted molar refractivity (Wildman–Crippen MR) is 98.3 cm³/mol.